The maximum atomic E-state index is 9.70. The normalized spacial score (nSPS) is 13.2. The van der Waals surface area contributed by atoms with Gasteiger partial charge < -0.3 is 0 Å². The van der Waals surface area contributed by atoms with E-state index in [0.717, 1.165) is 0 Å². The van der Waals surface area contributed by atoms with Crippen LogP contribution in [0.2, 0.25) is 0 Å². The second-order valence-corrected chi connectivity index (χ2v) is 2.08. The molecule has 0 aliphatic heterocycles. The summed E-state index contributed by atoms with van der Waals surface area (Å²) in [5.41, 5.74) is -1.02. The fourth-order valence-corrected chi connectivity index (χ4v) is 0.623. The fourth-order valence-electron chi connectivity index (χ4n) is 0.195. The molecule has 1 unspecified atom stereocenters. The highest BCUT2D eigenvalue weighted by atomic mass is 35.5. The van der Waals surface area contributed by atoms with E-state index in [9.17, 15) is 10.1 Å². The minimum atomic E-state index is -1.02. The number of nitrogens with zero attached hydrogens (tertiary/aromatic N) is 1. The Bertz CT molecular complexity index is 87.4. The van der Waals surface area contributed by atoms with Gasteiger partial charge in [-0.2, -0.15) is 0 Å². The van der Waals surface area contributed by atoms with E-state index in [-0.39, 0.29) is 12.3 Å². The van der Waals surface area contributed by atoms with Crippen LogP contribution in [-0.4, -0.2) is 16.3 Å². The van der Waals surface area contributed by atoms with Crippen LogP contribution >= 0.6 is 23.2 Å². The van der Waals surface area contributed by atoms with E-state index in [0.29, 0.717) is 0 Å². The Labute approximate surface area is 56.7 Å². The molecule has 5 heteroatoms. The molecule has 0 aromatic carbocycles. The zero-order valence-corrected chi connectivity index (χ0v) is 5.52. The molecule has 0 aromatic heterocycles. The third-order valence-corrected chi connectivity index (χ3v) is 1.17. The van der Waals surface area contributed by atoms with Crippen LogP contribution in [0.1, 0.15) is 6.42 Å². The Morgan fingerprint density at radius 1 is 1.75 bits per heavy atom. The van der Waals surface area contributed by atoms with E-state index in [2.05, 4.69) is 0 Å². The van der Waals surface area contributed by atoms with Gasteiger partial charge in [-0.15, -0.1) is 11.6 Å². The molecule has 0 fully saturated rings. The monoisotopic (exact) mass is 157 g/mol. The molecule has 0 heterocycles. The van der Waals surface area contributed by atoms with Crippen molar-refractivity contribution >= 4 is 23.2 Å². The highest BCUT2D eigenvalue weighted by Crippen LogP contribution is 2.02. The number of halogens is 2. The van der Waals surface area contributed by atoms with Gasteiger partial charge in [0.05, 0.1) is 0 Å². The number of hydrogen-bond acceptors (Lipinski definition) is 2. The molecule has 48 valence electrons. The molecule has 0 N–H and O–H groups in total. The van der Waals surface area contributed by atoms with Gasteiger partial charge in [0.2, 0.25) is 0 Å². The summed E-state index contributed by atoms with van der Waals surface area (Å²) in [5, 5.41) is 9.70. The molecule has 0 spiro atoms. The van der Waals surface area contributed by atoms with E-state index in [4.69, 9.17) is 23.2 Å². The smallest absolute Gasteiger partial charge is 0.263 e. The zero-order chi connectivity index (χ0) is 6.57. The van der Waals surface area contributed by atoms with Crippen molar-refractivity contribution < 1.29 is 4.92 Å². The van der Waals surface area contributed by atoms with Gasteiger partial charge >= 0.3 is 0 Å². The predicted molar refractivity (Wildman–Crippen MR) is 32.0 cm³/mol. The van der Waals surface area contributed by atoms with Gasteiger partial charge in [-0.1, -0.05) is 0 Å². The van der Waals surface area contributed by atoms with Crippen LogP contribution in [0.4, 0.5) is 0 Å². The molecule has 0 aromatic rings. The number of alkyl halides is 2. The zero-order valence-electron chi connectivity index (χ0n) is 4.01. The van der Waals surface area contributed by atoms with Crippen LogP contribution in [0, 0.1) is 10.1 Å². The van der Waals surface area contributed by atoms with Crippen molar-refractivity contribution in [3.8, 4) is 0 Å². The minimum Gasteiger partial charge on any atom is -0.263 e. The first-order chi connectivity index (χ1) is 3.68. The van der Waals surface area contributed by atoms with Gasteiger partial charge in [0.15, 0.2) is 0 Å². The molecule has 0 radical (unpaired) electrons. The van der Waals surface area contributed by atoms with Crippen molar-refractivity contribution in [1.82, 2.24) is 0 Å². The summed E-state index contributed by atoms with van der Waals surface area (Å²) >= 11 is 10.3. The van der Waals surface area contributed by atoms with Crippen LogP contribution in [-0.2, 0) is 0 Å². The molecular weight excluding hydrogens is 153 g/mol. The first-order valence-corrected chi connectivity index (χ1v) is 2.99. The largest absolute Gasteiger partial charge is 0.287 e. The van der Waals surface area contributed by atoms with Gasteiger partial charge in [-0.05, 0) is 11.6 Å². The van der Waals surface area contributed by atoms with Crippen LogP contribution in [0.3, 0.4) is 0 Å². The third kappa shape index (κ3) is 3.04. The van der Waals surface area contributed by atoms with Gasteiger partial charge in [-0.25, -0.2) is 0 Å². The lowest BCUT2D eigenvalue weighted by atomic mass is 10.5. The molecule has 1 atom stereocenters. The van der Waals surface area contributed by atoms with Gasteiger partial charge in [-0.3, -0.25) is 10.1 Å². The molecule has 3 nitrogen and oxygen atoms in total. The van der Waals surface area contributed by atoms with Crippen molar-refractivity contribution in [3.05, 3.63) is 10.1 Å². The summed E-state index contributed by atoms with van der Waals surface area (Å²) < 4.78 is 0. The molecule has 8 heavy (non-hydrogen) atoms. The summed E-state index contributed by atoms with van der Waals surface area (Å²) in [7, 11) is 0. The molecule has 0 amide bonds. The van der Waals surface area contributed by atoms with E-state index >= 15 is 0 Å². The Hall–Kier alpha value is -0.0200. The SMILES string of the molecule is O=[N+]([O-])C(Cl)CCCl. The fraction of sp³-hybridized carbons (Fsp3) is 1.00. The summed E-state index contributed by atoms with van der Waals surface area (Å²) in [6.45, 7) is 0. The minimum absolute atomic E-state index is 0.218. The average Bonchev–Trinajstić information content (AvgIpc) is 1.67. The predicted octanol–water partition coefficient (Wildman–Crippen LogP) is 1.46. The van der Waals surface area contributed by atoms with Crippen LogP contribution < -0.4 is 0 Å². The Kier molecular flexibility index (Phi) is 3.91. The van der Waals surface area contributed by atoms with E-state index in [1.807, 2.05) is 0 Å². The molecule has 0 saturated heterocycles. The van der Waals surface area contributed by atoms with Crippen molar-refractivity contribution in [2.24, 2.45) is 0 Å². The van der Waals surface area contributed by atoms with Crippen molar-refractivity contribution in [2.45, 2.75) is 11.9 Å². The van der Waals surface area contributed by atoms with Crippen molar-refractivity contribution in [2.75, 3.05) is 5.88 Å². The summed E-state index contributed by atoms with van der Waals surface area (Å²) in [6.07, 6.45) is 0.218. The van der Waals surface area contributed by atoms with Gasteiger partial charge in [0, 0.05) is 17.2 Å². The first kappa shape index (κ1) is 7.98. The topological polar surface area (TPSA) is 43.1 Å². The highest BCUT2D eigenvalue weighted by Gasteiger charge is 2.12. The molecule has 0 aliphatic rings. The molecule has 0 saturated carbocycles. The quantitative estimate of drug-likeness (QED) is 0.270. The van der Waals surface area contributed by atoms with E-state index in [1.54, 1.807) is 0 Å². The van der Waals surface area contributed by atoms with Crippen LogP contribution in [0.25, 0.3) is 0 Å². The second-order valence-electron chi connectivity index (χ2n) is 1.20. The molecule has 0 bridgehead atoms. The Balaban J connectivity index is 3.32. The lowest BCUT2D eigenvalue weighted by Crippen LogP contribution is -2.11. The lowest BCUT2D eigenvalue weighted by Gasteiger charge is -1.94. The maximum Gasteiger partial charge on any atom is 0.287 e. The van der Waals surface area contributed by atoms with E-state index in [1.165, 1.54) is 0 Å². The Morgan fingerprint density at radius 2 is 2.25 bits per heavy atom. The van der Waals surface area contributed by atoms with Crippen LogP contribution in [0.15, 0.2) is 0 Å². The second kappa shape index (κ2) is 3.92. The summed E-state index contributed by atoms with van der Waals surface area (Å²) in [5.74, 6) is 0.231. The standard InChI is InChI=1S/C3H5Cl2NO2/c4-2-1-3(5)6(7)8/h3H,1-2H2. The number of hydrogen-bond donors (Lipinski definition) is 0. The van der Waals surface area contributed by atoms with Gasteiger partial charge in [0.25, 0.3) is 5.50 Å². The van der Waals surface area contributed by atoms with Crippen molar-refractivity contribution in [1.29, 1.82) is 0 Å². The summed E-state index contributed by atoms with van der Waals surface area (Å²) in [4.78, 5) is 9.14. The van der Waals surface area contributed by atoms with E-state index < -0.39 is 10.4 Å². The summed E-state index contributed by atoms with van der Waals surface area (Å²) in [6, 6.07) is 0. The first-order valence-electron chi connectivity index (χ1n) is 2.02. The molecular formula is C3H5Cl2NO2. The Morgan fingerprint density at radius 3 is 2.38 bits per heavy atom. The van der Waals surface area contributed by atoms with Crippen LogP contribution in [0.5, 0.6) is 0 Å². The van der Waals surface area contributed by atoms with Crippen molar-refractivity contribution in [3.63, 3.8) is 0 Å². The highest BCUT2D eigenvalue weighted by molar-refractivity contribution is 6.21. The number of rotatable bonds is 3. The third-order valence-electron chi connectivity index (χ3n) is 0.576. The molecule has 0 rings (SSSR count). The van der Waals surface area contributed by atoms with Gasteiger partial charge in [0.1, 0.15) is 0 Å². The average molecular weight is 158 g/mol. The maximum absolute atomic E-state index is 9.70. The number of nitro groups is 1. The lowest BCUT2D eigenvalue weighted by molar-refractivity contribution is -0.498. The molecule has 0 aliphatic carbocycles.